The molecule has 3 aromatic carbocycles. The second kappa shape index (κ2) is 9.07. The molecule has 0 saturated heterocycles. The number of hydrogen-bond acceptors (Lipinski definition) is 5. The standard InChI is InChI=1S/C33H30BrNO5S/c1-20-9-11-21(12-10-20)28-29-24-7-5-6-8-25(24)35(41(39,40)23-15-13-22(34)14-16-23)30(38)32(29,4)19-33(28)26(36)17-31(2,3)18-27(33)37/h5-16H,17-19H2,1-4H3. The molecule has 0 N–H and O–H groups in total. The predicted octanol–water partition coefficient (Wildman–Crippen LogP) is 6.76. The van der Waals surface area contributed by atoms with Crippen molar-refractivity contribution in [3.05, 3.63) is 94.0 Å². The maximum Gasteiger partial charge on any atom is 0.270 e. The van der Waals surface area contributed by atoms with E-state index in [-0.39, 0.29) is 41.4 Å². The Labute approximate surface area is 248 Å². The Morgan fingerprint density at radius 1 is 0.780 bits per heavy atom. The normalized spacial score (nSPS) is 23.1. The van der Waals surface area contributed by atoms with E-state index in [9.17, 15) is 22.8 Å². The fourth-order valence-electron chi connectivity index (χ4n) is 6.93. The molecule has 8 heteroatoms. The lowest BCUT2D eigenvalue weighted by molar-refractivity contribution is -0.145. The molecule has 1 heterocycles. The number of hydrogen-bond donors (Lipinski definition) is 0. The van der Waals surface area contributed by atoms with E-state index < -0.39 is 32.2 Å². The highest BCUT2D eigenvalue weighted by Crippen LogP contribution is 2.67. The zero-order valence-corrected chi connectivity index (χ0v) is 25.7. The third-order valence-electron chi connectivity index (χ3n) is 8.82. The minimum absolute atomic E-state index is 0.0297. The quantitative estimate of drug-likeness (QED) is 0.298. The summed E-state index contributed by atoms with van der Waals surface area (Å²) in [4.78, 5) is 43.1. The van der Waals surface area contributed by atoms with Crippen LogP contribution in [0.1, 0.15) is 56.7 Å². The van der Waals surface area contributed by atoms with E-state index in [0.29, 0.717) is 26.7 Å². The van der Waals surface area contributed by atoms with E-state index in [2.05, 4.69) is 15.9 Å². The van der Waals surface area contributed by atoms with E-state index in [4.69, 9.17) is 0 Å². The summed E-state index contributed by atoms with van der Waals surface area (Å²) in [6, 6.07) is 20.6. The summed E-state index contributed by atoms with van der Waals surface area (Å²) in [6.45, 7) is 7.46. The maximum absolute atomic E-state index is 14.7. The van der Waals surface area contributed by atoms with Crippen LogP contribution < -0.4 is 4.31 Å². The Morgan fingerprint density at radius 2 is 1.37 bits per heavy atom. The van der Waals surface area contributed by atoms with Crippen LogP contribution in [0.5, 0.6) is 0 Å². The number of ketones is 2. The first-order chi connectivity index (χ1) is 19.2. The van der Waals surface area contributed by atoms with Crippen LogP contribution in [0.2, 0.25) is 0 Å². The first-order valence-electron chi connectivity index (χ1n) is 13.6. The number of carbonyl (C=O) groups is 3. The van der Waals surface area contributed by atoms with Gasteiger partial charge in [0.25, 0.3) is 15.9 Å². The van der Waals surface area contributed by atoms with Crippen LogP contribution in [0.3, 0.4) is 0 Å². The number of allylic oxidation sites excluding steroid dienone is 1. The molecule has 0 radical (unpaired) electrons. The van der Waals surface area contributed by atoms with Crippen LogP contribution in [-0.2, 0) is 24.4 Å². The zero-order valence-electron chi connectivity index (χ0n) is 23.3. The smallest absolute Gasteiger partial charge is 0.270 e. The van der Waals surface area contributed by atoms with Crippen LogP contribution in [-0.4, -0.2) is 25.9 Å². The van der Waals surface area contributed by atoms with Crippen molar-refractivity contribution in [3.8, 4) is 0 Å². The molecule has 6 rings (SSSR count). The van der Waals surface area contributed by atoms with Gasteiger partial charge < -0.3 is 0 Å². The van der Waals surface area contributed by atoms with Crippen molar-refractivity contribution >= 4 is 60.3 Å². The number of aryl methyl sites for hydroxylation is 1. The second-order valence-corrected chi connectivity index (χ2v) is 15.1. The van der Waals surface area contributed by atoms with Crippen molar-refractivity contribution in [1.82, 2.24) is 0 Å². The molecule has 1 spiro atoms. The van der Waals surface area contributed by atoms with Gasteiger partial charge in [-0.2, -0.15) is 0 Å². The van der Waals surface area contributed by atoms with Crippen LogP contribution in [0.4, 0.5) is 5.69 Å². The molecule has 6 nitrogen and oxygen atoms in total. The molecule has 41 heavy (non-hydrogen) atoms. The Morgan fingerprint density at radius 3 is 1.98 bits per heavy atom. The highest BCUT2D eigenvalue weighted by molar-refractivity contribution is 9.10. The summed E-state index contributed by atoms with van der Waals surface area (Å²) < 4.78 is 29.8. The molecule has 3 aromatic rings. The summed E-state index contributed by atoms with van der Waals surface area (Å²) in [7, 11) is -4.32. The van der Waals surface area contributed by atoms with E-state index in [0.717, 1.165) is 9.87 Å². The number of para-hydroxylation sites is 1. The van der Waals surface area contributed by atoms with Crippen molar-refractivity contribution in [2.45, 2.75) is 51.9 Å². The molecular formula is C33H30BrNO5S. The minimum Gasteiger partial charge on any atom is -0.298 e. The highest BCUT2D eigenvalue weighted by atomic mass is 79.9. The summed E-state index contributed by atoms with van der Waals surface area (Å²) in [5, 5.41) is 0. The lowest BCUT2D eigenvalue weighted by Gasteiger charge is -2.42. The number of fused-ring (bicyclic) bond motifs is 3. The van der Waals surface area contributed by atoms with Gasteiger partial charge >= 0.3 is 0 Å². The fourth-order valence-corrected chi connectivity index (χ4v) is 8.73. The monoisotopic (exact) mass is 631 g/mol. The van der Waals surface area contributed by atoms with Gasteiger partial charge in [0.2, 0.25) is 0 Å². The number of amides is 1. The molecule has 1 aliphatic heterocycles. The Bertz CT molecular complexity index is 1770. The number of benzene rings is 3. The van der Waals surface area contributed by atoms with Gasteiger partial charge in [-0.25, -0.2) is 12.7 Å². The van der Waals surface area contributed by atoms with Gasteiger partial charge in [0.05, 0.1) is 16.0 Å². The molecule has 1 saturated carbocycles. The zero-order chi connectivity index (χ0) is 29.5. The summed E-state index contributed by atoms with van der Waals surface area (Å²) in [5.41, 5.74) is 0.0665. The van der Waals surface area contributed by atoms with E-state index in [1.165, 1.54) is 12.1 Å². The summed E-state index contributed by atoms with van der Waals surface area (Å²) >= 11 is 3.34. The van der Waals surface area contributed by atoms with Gasteiger partial charge in [-0.15, -0.1) is 0 Å². The summed E-state index contributed by atoms with van der Waals surface area (Å²) in [5.74, 6) is -1.10. The van der Waals surface area contributed by atoms with Crippen molar-refractivity contribution in [2.75, 3.05) is 4.31 Å². The third-order valence-corrected chi connectivity index (χ3v) is 11.1. The van der Waals surface area contributed by atoms with Gasteiger partial charge in [0.15, 0.2) is 11.6 Å². The maximum atomic E-state index is 14.7. The highest BCUT2D eigenvalue weighted by Gasteiger charge is 2.67. The lowest BCUT2D eigenvalue weighted by Crippen LogP contribution is -2.52. The largest absolute Gasteiger partial charge is 0.298 e. The second-order valence-electron chi connectivity index (χ2n) is 12.4. The molecule has 2 aliphatic carbocycles. The topological polar surface area (TPSA) is 88.6 Å². The lowest BCUT2D eigenvalue weighted by atomic mass is 9.58. The van der Waals surface area contributed by atoms with Gasteiger partial charge in [-0.3, -0.25) is 14.4 Å². The number of carbonyl (C=O) groups excluding carboxylic acids is 3. The number of sulfonamides is 1. The van der Waals surface area contributed by atoms with Crippen molar-refractivity contribution in [3.63, 3.8) is 0 Å². The SMILES string of the molecule is Cc1ccc(C2=C3c4ccccc4N(S(=O)(=O)c4ccc(Br)cc4)C(=O)C3(C)CC23C(=O)CC(C)(C)CC3=O)cc1. The molecule has 1 unspecified atom stereocenters. The Balaban J connectivity index is 1.68. The first-order valence-corrected chi connectivity index (χ1v) is 15.8. The summed E-state index contributed by atoms with van der Waals surface area (Å²) in [6.07, 6.45) is 0.272. The molecule has 3 aliphatic rings. The number of anilines is 1. The molecular weight excluding hydrogens is 602 g/mol. The van der Waals surface area contributed by atoms with Crippen LogP contribution in [0.25, 0.3) is 11.1 Å². The Kier molecular flexibility index (Phi) is 6.15. The van der Waals surface area contributed by atoms with Gasteiger partial charge in [0.1, 0.15) is 5.41 Å². The molecule has 0 aromatic heterocycles. The Hall–Kier alpha value is -3.36. The van der Waals surface area contributed by atoms with E-state index in [1.807, 2.05) is 45.0 Å². The minimum atomic E-state index is -4.32. The van der Waals surface area contributed by atoms with Crippen molar-refractivity contribution < 1.29 is 22.8 Å². The third kappa shape index (κ3) is 3.94. The average molecular weight is 633 g/mol. The number of nitrogens with zero attached hydrogens (tertiary/aromatic N) is 1. The van der Waals surface area contributed by atoms with E-state index >= 15 is 0 Å². The molecule has 1 amide bonds. The molecule has 1 fully saturated rings. The van der Waals surface area contributed by atoms with Crippen molar-refractivity contribution in [1.29, 1.82) is 0 Å². The average Bonchev–Trinajstić information content (AvgIpc) is 3.20. The van der Waals surface area contributed by atoms with Crippen LogP contribution in [0.15, 0.2) is 82.2 Å². The number of rotatable bonds is 3. The molecule has 210 valence electrons. The van der Waals surface area contributed by atoms with Gasteiger partial charge in [-0.1, -0.05) is 77.8 Å². The van der Waals surface area contributed by atoms with Gasteiger partial charge in [0, 0.05) is 22.9 Å². The first kappa shape index (κ1) is 27.8. The molecule has 1 atom stereocenters. The molecule has 0 bridgehead atoms. The van der Waals surface area contributed by atoms with E-state index in [1.54, 1.807) is 43.3 Å². The van der Waals surface area contributed by atoms with Crippen LogP contribution >= 0.6 is 15.9 Å². The van der Waals surface area contributed by atoms with Crippen LogP contribution in [0, 0.1) is 23.2 Å². The van der Waals surface area contributed by atoms with Crippen molar-refractivity contribution in [2.24, 2.45) is 16.2 Å². The number of halogens is 1. The number of Topliss-reactive ketones (excluding diaryl/α,β-unsaturated/α-hetero) is 2. The van der Waals surface area contributed by atoms with Gasteiger partial charge in [-0.05, 0) is 72.7 Å². The fraction of sp³-hybridized carbons (Fsp3) is 0.303. The predicted molar refractivity (Wildman–Crippen MR) is 161 cm³/mol.